The van der Waals surface area contributed by atoms with Crippen LogP contribution in [0.5, 0.6) is 0 Å². The molecule has 8 heteroatoms. The summed E-state index contributed by atoms with van der Waals surface area (Å²) in [5.41, 5.74) is 2.00. The molecule has 0 atom stereocenters. The highest BCUT2D eigenvalue weighted by Crippen LogP contribution is 2.33. The van der Waals surface area contributed by atoms with Crippen LogP contribution in [0, 0.1) is 5.92 Å². The van der Waals surface area contributed by atoms with Crippen LogP contribution in [0.2, 0.25) is 5.02 Å². The Morgan fingerprint density at radius 1 is 1.00 bits per heavy atom. The van der Waals surface area contributed by atoms with E-state index in [-0.39, 0.29) is 17.7 Å². The van der Waals surface area contributed by atoms with Crippen LogP contribution >= 0.6 is 11.6 Å². The number of hydrogen-bond acceptors (Lipinski definition) is 6. The van der Waals surface area contributed by atoms with Crippen LogP contribution in [0.3, 0.4) is 0 Å². The van der Waals surface area contributed by atoms with Crippen molar-refractivity contribution in [2.75, 3.05) is 50.7 Å². The van der Waals surface area contributed by atoms with Crippen molar-refractivity contribution >= 4 is 29.1 Å². The average molecular weight is 420 g/mol. The number of nitrogens with one attached hydrogen (secondary N) is 1. The summed E-state index contributed by atoms with van der Waals surface area (Å²) in [5.74, 6) is 6.11. The van der Waals surface area contributed by atoms with Crippen molar-refractivity contribution < 1.29 is 9.59 Å². The lowest BCUT2D eigenvalue weighted by atomic mass is 9.89. The first-order chi connectivity index (χ1) is 14.0. The summed E-state index contributed by atoms with van der Waals surface area (Å²) in [4.78, 5) is 28.2. The van der Waals surface area contributed by atoms with E-state index in [9.17, 15) is 9.59 Å². The molecule has 0 unspecified atom stereocenters. The molecular weight excluding hydrogens is 390 g/mol. The molecule has 3 saturated heterocycles. The van der Waals surface area contributed by atoms with E-state index in [0.717, 1.165) is 63.0 Å². The maximum absolute atomic E-state index is 11.7. The summed E-state index contributed by atoms with van der Waals surface area (Å²) < 4.78 is 0. The Bertz CT molecular complexity index is 741. The monoisotopic (exact) mass is 419 g/mol. The number of carbonyl (C=O) groups is 2. The molecule has 1 aromatic carbocycles. The molecule has 0 radical (unpaired) electrons. The quantitative estimate of drug-likeness (QED) is 0.569. The number of piperidine rings is 2. The molecular formula is C21H30ClN5O2. The number of piperazine rings is 1. The largest absolute Gasteiger partial charge is 0.368 e. The molecule has 0 aromatic heterocycles. The first-order valence-corrected chi connectivity index (χ1v) is 10.9. The second kappa shape index (κ2) is 9.00. The first-order valence-electron chi connectivity index (χ1n) is 10.6. The molecule has 3 aliphatic rings. The third-order valence-electron chi connectivity index (χ3n) is 6.46. The van der Waals surface area contributed by atoms with Crippen molar-refractivity contribution in [2.45, 2.75) is 31.6 Å². The Kier molecular flexibility index (Phi) is 6.39. The van der Waals surface area contributed by atoms with E-state index < -0.39 is 0 Å². The SMILES string of the molecule is NN1CCC(CN2CCN(c3ccc(C4CC(=O)NC(=O)C4)cc3Cl)CC2)CC1. The number of rotatable bonds is 4. The maximum Gasteiger partial charge on any atom is 0.227 e. The van der Waals surface area contributed by atoms with E-state index in [2.05, 4.69) is 15.1 Å². The van der Waals surface area contributed by atoms with Gasteiger partial charge in [0, 0.05) is 64.6 Å². The topological polar surface area (TPSA) is 81.9 Å². The van der Waals surface area contributed by atoms with Gasteiger partial charge in [-0.2, -0.15) is 0 Å². The van der Waals surface area contributed by atoms with Gasteiger partial charge in [0.1, 0.15) is 0 Å². The van der Waals surface area contributed by atoms with Crippen LogP contribution in [0.4, 0.5) is 5.69 Å². The molecule has 2 amide bonds. The number of carbonyl (C=O) groups excluding carboxylic acids is 2. The van der Waals surface area contributed by atoms with Crippen LogP contribution in [0.15, 0.2) is 18.2 Å². The number of imide groups is 1. The average Bonchev–Trinajstić information content (AvgIpc) is 2.70. The third-order valence-corrected chi connectivity index (χ3v) is 6.77. The highest BCUT2D eigenvalue weighted by Gasteiger charge is 2.28. The van der Waals surface area contributed by atoms with Crippen LogP contribution < -0.4 is 16.1 Å². The normalized spacial score (nSPS) is 23.4. The summed E-state index contributed by atoms with van der Waals surface area (Å²) >= 11 is 6.60. The first kappa shape index (κ1) is 20.6. The molecule has 7 nitrogen and oxygen atoms in total. The molecule has 3 N–H and O–H groups in total. The van der Waals surface area contributed by atoms with Crippen LogP contribution in [-0.2, 0) is 9.59 Å². The third kappa shape index (κ3) is 5.09. The van der Waals surface area contributed by atoms with Crippen molar-refractivity contribution in [1.82, 2.24) is 15.2 Å². The molecule has 29 heavy (non-hydrogen) atoms. The summed E-state index contributed by atoms with van der Waals surface area (Å²) in [6.45, 7) is 7.16. The van der Waals surface area contributed by atoms with Gasteiger partial charge in [0.15, 0.2) is 0 Å². The van der Waals surface area contributed by atoms with E-state index >= 15 is 0 Å². The van der Waals surface area contributed by atoms with Crippen LogP contribution in [-0.4, -0.2) is 67.5 Å². The minimum Gasteiger partial charge on any atom is -0.368 e. The number of halogens is 1. The summed E-state index contributed by atoms with van der Waals surface area (Å²) in [6.07, 6.45) is 3.05. The zero-order valence-electron chi connectivity index (χ0n) is 16.8. The van der Waals surface area contributed by atoms with Crippen LogP contribution in [0.25, 0.3) is 0 Å². The number of anilines is 1. The highest BCUT2D eigenvalue weighted by molar-refractivity contribution is 6.33. The minimum absolute atomic E-state index is 0.0837. The van der Waals surface area contributed by atoms with E-state index in [1.165, 1.54) is 12.8 Å². The van der Waals surface area contributed by atoms with Gasteiger partial charge >= 0.3 is 0 Å². The summed E-state index contributed by atoms with van der Waals surface area (Å²) in [6, 6.07) is 5.99. The van der Waals surface area contributed by atoms with Gasteiger partial charge in [-0.05, 0) is 36.5 Å². The lowest BCUT2D eigenvalue weighted by Crippen LogP contribution is -2.49. The van der Waals surface area contributed by atoms with Crippen molar-refractivity contribution in [1.29, 1.82) is 0 Å². The van der Waals surface area contributed by atoms with Gasteiger partial charge in [0.25, 0.3) is 0 Å². The van der Waals surface area contributed by atoms with E-state index in [4.69, 9.17) is 17.4 Å². The molecule has 3 fully saturated rings. The van der Waals surface area contributed by atoms with Gasteiger partial charge in [0.05, 0.1) is 10.7 Å². The molecule has 0 saturated carbocycles. The molecule has 158 valence electrons. The summed E-state index contributed by atoms with van der Waals surface area (Å²) in [7, 11) is 0. The number of hydrazine groups is 1. The summed E-state index contributed by atoms with van der Waals surface area (Å²) in [5, 5.41) is 4.98. The van der Waals surface area contributed by atoms with E-state index in [1.807, 2.05) is 23.2 Å². The second-order valence-corrected chi connectivity index (χ2v) is 8.96. The standard InChI is InChI=1S/C21H30ClN5O2/c22-18-11-16(17-12-20(28)24-21(29)13-17)1-2-19(18)26-9-7-25(8-10-26)14-15-3-5-27(23)6-4-15/h1-2,11,15,17H,3-10,12-14,23H2,(H,24,28,29). The fourth-order valence-corrected chi connectivity index (χ4v) is 5.03. The lowest BCUT2D eigenvalue weighted by molar-refractivity contribution is -0.133. The molecule has 0 aliphatic carbocycles. The van der Waals surface area contributed by atoms with Gasteiger partial charge in [-0.15, -0.1) is 0 Å². The maximum atomic E-state index is 11.7. The molecule has 0 bridgehead atoms. The predicted molar refractivity (Wildman–Crippen MR) is 114 cm³/mol. The van der Waals surface area contributed by atoms with Crippen molar-refractivity contribution in [3.8, 4) is 0 Å². The Hall–Kier alpha value is -1.67. The highest BCUT2D eigenvalue weighted by atomic mass is 35.5. The molecule has 3 heterocycles. The van der Waals surface area contributed by atoms with Gasteiger partial charge in [-0.1, -0.05) is 17.7 Å². The smallest absolute Gasteiger partial charge is 0.227 e. The Morgan fingerprint density at radius 2 is 1.66 bits per heavy atom. The van der Waals surface area contributed by atoms with Crippen molar-refractivity contribution in [2.24, 2.45) is 11.8 Å². The van der Waals surface area contributed by atoms with Crippen LogP contribution in [0.1, 0.15) is 37.2 Å². The lowest BCUT2D eigenvalue weighted by Gasteiger charge is -2.39. The minimum atomic E-state index is -0.209. The Morgan fingerprint density at radius 3 is 2.28 bits per heavy atom. The molecule has 4 rings (SSSR count). The van der Waals surface area contributed by atoms with Crippen molar-refractivity contribution in [3.63, 3.8) is 0 Å². The fourth-order valence-electron chi connectivity index (χ4n) is 4.72. The van der Waals surface area contributed by atoms with Crippen molar-refractivity contribution in [3.05, 3.63) is 28.8 Å². The van der Waals surface area contributed by atoms with E-state index in [0.29, 0.717) is 17.9 Å². The molecule has 3 aliphatic heterocycles. The zero-order chi connectivity index (χ0) is 20.4. The number of benzene rings is 1. The van der Waals surface area contributed by atoms with Gasteiger partial charge < -0.3 is 4.90 Å². The number of nitrogens with two attached hydrogens (primary N) is 1. The Balaban J connectivity index is 1.32. The number of amides is 2. The Labute approximate surface area is 177 Å². The van der Waals surface area contributed by atoms with Gasteiger partial charge in [0.2, 0.25) is 11.8 Å². The second-order valence-electron chi connectivity index (χ2n) is 8.55. The molecule has 0 spiro atoms. The number of hydrogen-bond donors (Lipinski definition) is 2. The fraction of sp³-hybridized carbons (Fsp3) is 0.619. The predicted octanol–water partition coefficient (Wildman–Crippen LogP) is 1.57. The molecule has 1 aromatic rings. The number of nitrogens with zero attached hydrogens (tertiary/aromatic N) is 3. The van der Waals surface area contributed by atoms with E-state index in [1.54, 1.807) is 0 Å². The van der Waals surface area contributed by atoms with Gasteiger partial charge in [-0.3, -0.25) is 25.6 Å². The zero-order valence-corrected chi connectivity index (χ0v) is 17.5. The van der Waals surface area contributed by atoms with Gasteiger partial charge in [-0.25, -0.2) is 5.01 Å².